The van der Waals surface area contributed by atoms with E-state index in [0.717, 1.165) is 31.3 Å². The molecule has 0 aromatic heterocycles. The monoisotopic (exact) mass is 240 g/mol. The van der Waals surface area contributed by atoms with Crippen LogP contribution >= 0.6 is 0 Å². The van der Waals surface area contributed by atoms with Crippen molar-refractivity contribution >= 4 is 11.9 Å². The van der Waals surface area contributed by atoms with E-state index in [1.165, 1.54) is 13.2 Å². The maximum Gasteiger partial charge on any atom is 0.333 e. The maximum absolute atomic E-state index is 10.5. The number of hydrogen-bond donors (Lipinski definition) is 0. The lowest BCUT2D eigenvalue weighted by Gasteiger charge is -2.09. The number of esters is 2. The van der Waals surface area contributed by atoms with Crippen LogP contribution < -0.4 is 0 Å². The highest BCUT2D eigenvalue weighted by atomic mass is 16.5. The molecular formula is C13H20O4. The lowest BCUT2D eigenvalue weighted by molar-refractivity contribution is -0.138. The molecular weight excluding hydrogens is 220 g/mol. The normalized spacial score (nSPS) is 12.2. The third-order valence-corrected chi connectivity index (χ3v) is 2.16. The number of carbonyl (C=O) groups is 2. The smallest absolute Gasteiger partial charge is 0.333 e. The van der Waals surface area contributed by atoms with Gasteiger partial charge in [0.2, 0.25) is 0 Å². The first-order valence-corrected chi connectivity index (χ1v) is 5.72. The molecule has 0 aromatic rings. The minimum absolute atomic E-state index is 0.170. The highest BCUT2D eigenvalue weighted by molar-refractivity contribution is 5.89. The lowest BCUT2D eigenvalue weighted by atomic mass is 10.00. The highest BCUT2D eigenvalue weighted by Gasteiger charge is 2.13. The second kappa shape index (κ2) is 9.63. The van der Waals surface area contributed by atoms with Crippen LogP contribution in [-0.2, 0) is 19.1 Å². The summed E-state index contributed by atoms with van der Waals surface area (Å²) in [7, 11) is 1.40. The van der Waals surface area contributed by atoms with E-state index in [0.29, 0.717) is 6.61 Å². The number of rotatable bonds is 5. The summed E-state index contributed by atoms with van der Waals surface area (Å²) >= 11 is 0. The minimum atomic E-state index is -0.330. The predicted octanol–water partition coefficient (Wildman–Crippen LogP) is 2.40. The van der Waals surface area contributed by atoms with Crippen molar-refractivity contribution in [1.82, 2.24) is 0 Å². The average Bonchev–Trinajstić information content (AvgIpc) is 2.27. The van der Waals surface area contributed by atoms with Crippen LogP contribution in [0.5, 0.6) is 0 Å². The number of ether oxygens (including phenoxy) is 2. The van der Waals surface area contributed by atoms with Crippen molar-refractivity contribution in [3.8, 4) is 0 Å². The predicted molar refractivity (Wildman–Crippen MR) is 65.4 cm³/mol. The van der Waals surface area contributed by atoms with Crippen molar-refractivity contribution in [1.29, 1.82) is 0 Å². The van der Waals surface area contributed by atoms with Crippen molar-refractivity contribution in [2.75, 3.05) is 13.7 Å². The standard InChI is InChI=1S/C7H12O2.C6H8O2/c1-3-5-6-9-7(8)4-2;1-8-6(7)5-3-2-4-5/h4H,2-3,5-6H2,1H3;3H,2,4H2,1H3. The molecule has 0 spiro atoms. The maximum atomic E-state index is 10.5. The first-order chi connectivity index (χ1) is 8.15. The van der Waals surface area contributed by atoms with Crippen molar-refractivity contribution in [2.45, 2.75) is 32.6 Å². The van der Waals surface area contributed by atoms with E-state index in [9.17, 15) is 9.59 Å². The van der Waals surface area contributed by atoms with Crippen LogP contribution in [0.25, 0.3) is 0 Å². The second-order valence-electron chi connectivity index (χ2n) is 3.48. The molecule has 1 aliphatic rings. The summed E-state index contributed by atoms with van der Waals surface area (Å²) in [6, 6.07) is 0. The van der Waals surface area contributed by atoms with Crippen molar-refractivity contribution in [3.63, 3.8) is 0 Å². The Hall–Kier alpha value is -1.58. The van der Waals surface area contributed by atoms with Crippen molar-refractivity contribution in [3.05, 3.63) is 24.3 Å². The van der Waals surface area contributed by atoms with E-state index in [1.54, 1.807) is 0 Å². The molecule has 0 radical (unpaired) electrons. The molecule has 0 atom stereocenters. The fourth-order valence-corrected chi connectivity index (χ4v) is 0.981. The molecule has 0 aliphatic heterocycles. The molecule has 96 valence electrons. The Morgan fingerprint density at radius 3 is 2.47 bits per heavy atom. The third kappa shape index (κ3) is 7.33. The summed E-state index contributed by atoms with van der Waals surface area (Å²) in [5.74, 6) is -0.500. The molecule has 0 amide bonds. The van der Waals surface area contributed by atoms with E-state index in [4.69, 9.17) is 0 Å². The Labute approximate surface area is 102 Å². The molecule has 0 N–H and O–H groups in total. The fourth-order valence-electron chi connectivity index (χ4n) is 0.981. The Bertz CT molecular complexity index is 292. The van der Waals surface area contributed by atoms with Gasteiger partial charge in [0.05, 0.1) is 13.7 Å². The van der Waals surface area contributed by atoms with E-state index in [2.05, 4.69) is 16.1 Å². The molecule has 0 fully saturated rings. The van der Waals surface area contributed by atoms with Gasteiger partial charge in [0.25, 0.3) is 0 Å². The van der Waals surface area contributed by atoms with Crippen molar-refractivity contribution < 1.29 is 19.1 Å². The average molecular weight is 240 g/mol. The molecule has 1 aliphatic carbocycles. The van der Waals surface area contributed by atoms with E-state index in [-0.39, 0.29) is 11.9 Å². The molecule has 4 nitrogen and oxygen atoms in total. The van der Waals surface area contributed by atoms with Crippen LogP contribution in [0.4, 0.5) is 0 Å². The summed E-state index contributed by atoms with van der Waals surface area (Å²) in [5.41, 5.74) is 0.826. The van der Waals surface area contributed by atoms with Gasteiger partial charge < -0.3 is 9.47 Å². The Morgan fingerprint density at radius 2 is 2.18 bits per heavy atom. The molecule has 0 saturated carbocycles. The third-order valence-electron chi connectivity index (χ3n) is 2.16. The van der Waals surface area contributed by atoms with E-state index >= 15 is 0 Å². The summed E-state index contributed by atoms with van der Waals surface area (Å²) in [4.78, 5) is 20.8. The van der Waals surface area contributed by atoms with E-state index < -0.39 is 0 Å². The quantitative estimate of drug-likeness (QED) is 0.420. The summed E-state index contributed by atoms with van der Waals surface area (Å²) in [6.45, 7) is 5.82. The van der Waals surface area contributed by atoms with Crippen LogP contribution in [0.15, 0.2) is 24.3 Å². The number of carbonyl (C=O) groups excluding carboxylic acids is 2. The summed E-state index contributed by atoms with van der Waals surface area (Å²) in [5, 5.41) is 0. The molecule has 0 aromatic carbocycles. The van der Waals surface area contributed by atoms with Crippen LogP contribution in [-0.4, -0.2) is 25.7 Å². The fraction of sp³-hybridized carbons (Fsp3) is 0.538. The zero-order valence-electron chi connectivity index (χ0n) is 10.5. The largest absolute Gasteiger partial charge is 0.466 e. The molecule has 0 saturated heterocycles. The number of methoxy groups -OCH3 is 1. The van der Waals surface area contributed by atoms with Crippen LogP contribution in [0.2, 0.25) is 0 Å². The van der Waals surface area contributed by atoms with Gasteiger partial charge in [-0.3, -0.25) is 0 Å². The molecule has 0 bridgehead atoms. The van der Waals surface area contributed by atoms with Gasteiger partial charge in [-0.25, -0.2) is 9.59 Å². The van der Waals surface area contributed by atoms with Gasteiger partial charge in [-0.05, 0) is 19.3 Å². The first-order valence-electron chi connectivity index (χ1n) is 5.72. The Balaban J connectivity index is 0.000000302. The Morgan fingerprint density at radius 1 is 1.53 bits per heavy atom. The molecule has 17 heavy (non-hydrogen) atoms. The lowest BCUT2D eigenvalue weighted by Crippen LogP contribution is -2.09. The van der Waals surface area contributed by atoms with Crippen LogP contribution in [0, 0.1) is 0 Å². The van der Waals surface area contributed by atoms with Gasteiger partial charge >= 0.3 is 11.9 Å². The van der Waals surface area contributed by atoms with Crippen LogP contribution in [0.3, 0.4) is 0 Å². The zero-order valence-corrected chi connectivity index (χ0v) is 10.5. The van der Waals surface area contributed by atoms with Gasteiger partial charge in [-0.15, -0.1) is 0 Å². The highest BCUT2D eigenvalue weighted by Crippen LogP contribution is 2.18. The van der Waals surface area contributed by atoms with Crippen LogP contribution in [0.1, 0.15) is 32.6 Å². The SMILES string of the molecule is C=CC(=O)OCCCC.COC(=O)C1=CCC1. The molecule has 1 rings (SSSR count). The van der Waals surface area contributed by atoms with Gasteiger partial charge in [0, 0.05) is 11.6 Å². The number of allylic oxidation sites excluding steroid dienone is 1. The van der Waals surface area contributed by atoms with Gasteiger partial charge in [-0.1, -0.05) is 26.0 Å². The number of hydrogen-bond acceptors (Lipinski definition) is 4. The van der Waals surface area contributed by atoms with Gasteiger partial charge in [-0.2, -0.15) is 0 Å². The topological polar surface area (TPSA) is 52.6 Å². The minimum Gasteiger partial charge on any atom is -0.466 e. The Kier molecular flexibility index (Phi) is 8.74. The van der Waals surface area contributed by atoms with Gasteiger partial charge in [0.15, 0.2) is 0 Å². The summed E-state index contributed by atoms with van der Waals surface area (Å²) < 4.78 is 9.12. The summed E-state index contributed by atoms with van der Waals surface area (Å²) in [6.07, 6.45) is 6.97. The molecule has 0 unspecified atom stereocenters. The first kappa shape index (κ1) is 15.4. The zero-order chi connectivity index (χ0) is 13.1. The molecule has 4 heteroatoms. The second-order valence-corrected chi connectivity index (χ2v) is 3.48. The number of unbranched alkanes of at least 4 members (excludes halogenated alkanes) is 1. The van der Waals surface area contributed by atoms with E-state index in [1.807, 2.05) is 13.0 Å². The van der Waals surface area contributed by atoms with Crippen molar-refractivity contribution in [2.24, 2.45) is 0 Å². The van der Waals surface area contributed by atoms with Gasteiger partial charge in [0.1, 0.15) is 0 Å². The molecule has 0 heterocycles.